The third-order valence-corrected chi connectivity index (χ3v) is 2.60. The molecule has 2 rings (SSSR count). The fourth-order valence-corrected chi connectivity index (χ4v) is 1.81. The molecule has 0 atom stereocenters. The van der Waals surface area contributed by atoms with Crippen LogP contribution in [0.1, 0.15) is 24.2 Å². The maximum absolute atomic E-state index is 9.21. The Morgan fingerprint density at radius 2 is 2.23 bits per heavy atom. The van der Waals surface area contributed by atoms with E-state index in [2.05, 4.69) is 4.98 Å². The van der Waals surface area contributed by atoms with Crippen LogP contribution in [0.4, 0.5) is 0 Å². The molecule has 3 N–H and O–H groups in total. The van der Waals surface area contributed by atoms with Crippen LogP contribution in [0.3, 0.4) is 0 Å². The van der Waals surface area contributed by atoms with Crippen LogP contribution in [0.25, 0.3) is 0 Å². The first-order valence-corrected chi connectivity index (χ1v) is 4.51. The number of aliphatic hydroxyl groups is 1. The van der Waals surface area contributed by atoms with Crippen molar-refractivity contribution in [2.45, 2.75) is 31.4 Å². The summed E-state index contributed by atoms with van der Waals surface area (Å²) in [7, 11) is 0. The minimum atomic E-state index is -0.383. The Morgan fingerprint density at radius 1 is 1.54 bits per heavy atom. The third-order valence-electron chi connectivity index (χ3n) is 2.60. The van der Waals surface area contributed by atoms with Crippen molar-refractivity contribution < 1.29 is 5.11 Å². The Labute approximate surface area is 77.6 Å². The lowest BCUT2D eigenvalue weighted by Crippen LogP contribution is -2.52. The number of hydrogen-bond acceptors (Lipinski definition) is 3. The largest absolute Gasteiger partial charge is 0.393 e. The average Bonchev–Trinajstić information content (AvgIpc) is 2.02. The number of hydrogen-bond donors (Lipinski definition) is 2. The predicted octanol–water partition coefficient (Wildman–Crippen LogP) is 0.699. The van der Waals surface area contributed by atoms with Gasteiger partial charge in [0, 0.05) is 5.69 Å². The van der Waals surface area contributed by atoms with Crippen LogP contribution in [0.5, 0.6) is 0 Å². The molecular formula is C10H14N2O. The highest BCUT2D eigenvalue weighted by molar-refractivity contribution is 5.22. The summed E-state index contributed by atoms with van der Waals surface area (Å²) in [5.41, 5.74) is 7.55. The van der Waals surface area contributed by atoms with Gasteiger partial charge in [-0.05, 0) is 31.9 Å². The second-order valence-electron chi connectivity index (χ2n) is 3.88. The normalized spacial score (nSPS) is 32.7. The van der Waals surface area contributed by atoms with E-state index in [9.17, 15) is 5.11 Å². The number of aryl methyl sites for hydroxylation is 1. The van der Waals surface area contributed by atoms with Gasteiger partial charge < -0.3 is 10.8 Å². The second-order valence-corrected chi connectivity index (χ2v) is 3.88. The molecule has 70 valence electrons. The number of rotatable bonds is 1. The Morgan fingerprint density at radius 3 is 2.77 bits per heavy atom. The van der Waals surface area contributed by atoms with Crippen molar-refractivity contribution in [1.82, 2.24) is 4.98 Å². The van der Waals surface area contributed by atoms with Crippen LogP contribution >= 0.6 is 0 Å². The van der Waals surface area contributed by atoms with Gasteiger partial charge >= 0.3 is 0 Å². The summed E-state index contributed by atoms with van der Waals surface area (Å²) >= 11 is 0. The van der Waals surface area contributed by atoms with Gasteiger partial charge in [-0.15, -0.1) is 0 Å². The van der Waals surface area contributed by atoms with Gasteiger partial charge in [-0.1, -0.05) is 6.07 Å². The van der Waals surface area contributed by atoms with E-state index in [0.29, 0.717) is 12.8 Å². The highest BCUT2D eigenvalue weighted by Crippen LogP contribution is 2.37. The van der Waals surface area contributed by atoms with Crippen molar-refractivity contribution >= 4 is 0 Å². The molecule has 13 heavy (non-hydrogen) atoms. The zero-order chi connectivity index (χ0) is 9.47. The van der Waals surface area contributed by atoms with Crippen molar-refractivity contribution in [3.8, 4) is 0 Å². The van der Waals surface area contributed by atoms with E-state index in [-0.39, 0.29) is 11.6 Å². The van der Waals surface area contributed by atoms with Crippen molar-refractivity contribution in [3.63, 3.8) is 0 Å². The summed E-state index contributed by atoms with van der Waals surface area (Å²) in [5.74, 6) is 0. The summed E-state index contributed by atoms with van der Waals surface area (Å²) in [6.07, 6.45) is 1.01. The van der Waals surface area contributed by atoms with E-state index in [1.165, 1.54) is 0 Å². The minimum absolute atomic E-state index is 0.243. The first-order chi connectivity index (χ1) is 6.10. The monoisotopic (exact) mass is 178 g/mol. The number of aromatic nitrogens is 1. The first-order valence-electron chi connectivity index (χ1n) is 4.51. The summed E-state index contributed by atoms with van der Waals surface area (Å²) in [5, 5.41) is 9.21. The highest BCUT2D eigenvalue weighted by Gasteiger charge is 2.42. The average molecular weight is 178 g/mol. The molecule has 1 aliphatic carbocycles. The number of nitrogens with two attached hydrogens (primary N) is 1. The molecule has 3 heteroatoms. The molecule has 0 saturated heterocycles. The standard InChI is InChI=1S/C10H14N2O/c1-7-3-2-4-9(12-7)10(11)5-8(13)6-10/h2-4,8,13H,5-6,11H2,1H3. The van der Waals surface area contributed by atoms with E-state index in [1.54, 1.807) is 0 Å². The zero-order valence-corrected chi connectivity index (χ0v) is 7.70. The minimum Gasteiger partial charge on any atom is -0.393 e. The molecule has 1 fully saturated rings. The quantitative estimate of drug-likeness (QED) is 0.665. The van der Waals surface area contributed by atoms with Crippen LogP contribution in [0, 0.1) is 6.92 Å². The molecule has 0 spiro atoms. The lowest BCUT2D eigenvalue weighted by molar-refractivity contribution is 0.0187. The molecule has 1 heterocycles. The van der Waals surface area contributed by atoms with E-state index >= 15 is 0 Å². The van der Waals surface area contributed by atoms with Crippen molar-refractivity contribution in [1.29, 1.82) is 0 Å². The van der Waals surface area contributed by atoms with Crippen LogP contribution in [0.2, 0.25) is 0 Å². The van der Waals surface area contributed by atoms with Crippen LogP contribution in [-0.4, -0.2) is 16.2 Å². The van der Waals surface area contributed by atoms with Gasteiger partial charge in [-0.25, -0.2) is 0 Å². The molecule has 0 aliphatic heterocycles. The number of nitrogens with zero attached hydrogens (tertiary/aromatic N) is 1. The summed E-state index contributed by atoms with van der Waals surface area (Å²) < 4.78 is 0. The molecule has 3 nitrogen and oxygen atoms in total. The van der Waals surface area contributed by atoms with Crippen molar-refractivity contribution in [2.75, 3.05) is 0 Å². The van der Waals surface area contributed by atoms with E-state index in [0.717, 1.165) is 11.4 Å². The Bertz CT molecular complexity index is 318. The molecule has 1 saturated carbocycles. The van der Waals surface area contributed by atoms with Gasteiger partial charge in [0.25, 0.3) is 0 Å². The van der Waals surface area contributed by atoms with Crippen molar-refractivity contribution in [2.24, 2.45) is 5.73 Å². The number of pyridine rings is 1. The van der Waals surface area contributed by atoms with Crippen LogP contribution < -0.4 is 5.73 Å². The molecule has 1 aromatic heterocycles. The summed E-state index contributed by atoms with van der Waals surface area (Å²) in [6.45, 7) is 1.95. The number of aliphatic hydroxyl groups excluding tert-OH is 1. The lowest BCUT2D eigenvalue weighted by Gasteiger charge is -2.41. The molecule has 1 aliphatic rings. The van der Waals surface area contributed by atoms with E-state index in [4.69, 9.17) is 5.73 Å². The van der Waals surface area contributed by atoms with Crippen LogP contribution in [-0.2, 0) is 5.54 Å². The van der Waals surface area contributed by atoms with E-state index < -0.39 is 0 Å². The van der Waals surface area contributed by atoms with Crippen molar-refractivity contribution in [3.05, 3.63) is 29.6 Å². The maximum Gasteiger partial charge on any atom is 0.0633 e. The molecule has 0 bridgehead atoms. The highest BCUT2D eigenvalue weighted by atomic mass is 16.3. The topological polar surface area (TPSA) is 59.1 Å². The Hall–Kier alpha value is -0.930. The molecule has 0 amide bonds. The fraction of sp³-hybridized carbons (Fsp3) is 0.500. The van der Waals surface area contributed by atoms with Gasteiger partial charge in [-0.2, -0.15) is 0 Å². The Balaban J connectivity index is 2.26. The maximum atomic E-state index is 9.21. The second kappa shape index (κ2) is 2.79. The Kier molecular flexibility index (Phi) is 1.86. The van der Waals surface area contributed by atoms with Gasteiger partial charge in [0.05, 0.1) is 17.3 Å². The van der Waals surface area contributed by atoms with Gasteiger partial charge in [0.15, 0.2) is 0 Å². The van der Waals surface area contributed by atoms with Crippen LogP contribution in [0.15, 0.2) is 18.2 Å². The smallest absolute Gasteiger partial charge is 0.0633 e. The zero-order valence-electron chi connectivity index (χ0n) is 7.70. The molecular weight excluding hydrogens is 164 g/mol. The molecule has 1 aromatic rings. The molecule has 0 unspecified atom stereocenters. The first kappa shape index (κ1) is 8.66. The predicted molar refractivity (Wildman–Crippen MR) is 50.1 cm³/mol. The SMILES string of the molecule is Cc1cccc(C2(N)CC(O)C2)n1. The third kappa shape index (κ3) is 1.45. The van der Waals surface area contributed by atoms with E-state index in [1.807, 2.05) is 25.1 Å². The molecule has 0 aromatic carbocycles. The summed E-state index contributed by atoms with van der Waals surface area (Å²) in [6, 6.07) is 5.83. The van der Waals surface area contributed by atoms with Gasteiger partial charge in [-0.3, -0.25) is 4.98 Å². The lowest BCUT2D eigenvalue weighted by atomic mass is 9.73. The van der Waals surface area contributed by atoms with Gasteiger partial charge in [0.2, 0.25) is 0 Å². The van der Waals surface area contributed by atoms with Gasteiger partial charge in [0.1, 0.15) is 0 Å². The fourth-order valence-electron chi connectivity index (χ4n) is 1.81. The summed E-state index contributed by atoms with van der Waals surface area (Å²) in [4.78, 5) is 4.37. The molecule has 0 radical (unpaired) electrons.